The standard InChI is InChI=1S/C21H23F17O7/c22-14(23,4-3-6-43-5-1-2-7-44-13-12(42)11(41)10(40)9(8-39)45-13)15(24,25)16(26,27)17(28,29)18(30,31)19(32,33)20(34,35)21(36,37)38/h1-2,9-13,39-42H,3-8H2/b2-1-/t9-,10-,11+,12+,13+/m1/s1. The fourth-order valence-corrected chi connectivity index (χ4v) is 3.39. The van der Waals surface area contributed by atoms with Gasteiger partial charge in [-0.05, 0) is 6.42 Å². The zero-order valence-electron chi connectivity index (χ0n) is 21.7. The molecule has 1 aliphatic rings. The maximum absolute atomic E-state index is 13.8. The van der Waals surface area contributed by atoms with Crippen LogP contribution in [0.25, 0.3) is 0 Å². The van der Waals surface area contributed by atoms with Crippen molar-refractivity contribution < 1.29 is 109 Å². The molecule has 1 fully saturated rings. The smallest absolute Gasteiger partial charge is 0.394 e. The van der Waals surface area contributed by atoms with Crippen LogP contribution in [0.2, 0.25) is 0 Å². The van der Waals surface area contributed by atoms with E-state index in [0.29, 0.717) is 0 Å². The van der Waals surface area contributed by atoms with Crippen LogP contribution in [0.1, 0.15) is 12.8 Å². The van der Waals surface area contributed by atoms with E-state index in [2.05, 4.69) is 4.74 Å². The molecule has 7 nitrogen and oxygen atoms in total. The number of hydrogen-bond donors (Lipinski definition) is 4. The Kier molecular flexibility index (Phi) is 12.6. The zero-order chi connectivity index (χ0) is 35.7. The SMILES string of the molecule is OC[C@H]1O[C@H](OC/C=C\COCCCC(F)(F)C(F)(F)C(F)(F)C(F)(F)C(F)(F)C(F)(F)C(F)(F)C(F)(F)F)[C@@H](O)[C@@H](O)[C@@H]1O. The van der Waals surface area contributed by atoms with E-state index in [9.17, 15) is 90.0 Å². The Labute approximate surface area is 240 Å². The lowest BCUT2D eigenvalue weighted by Gasteiger charge is -2.42. The second-order valence-corrected chi connectivity index (χ2v) is 9.33. The first-order valence-electron chi connectivity index (χ1n) is 11.9. The number of halogens is 17. The van der Waals surface area contributed by atoms with Crippen LogP contribution in [-0.2, 0) is 14.2 Å². The molecule has 0 aromatic rings. The minimum Gasteiger partial charge on any atom is -0.394 e. The molecule has 0 amide bonds. The van der Waals surface area contributed by atoms with Gasteiger partial charge in [0.05, 0.1) is 19.8 Å². The van der Waals surface area contributed by atoms with Crippen molar-refractivity contribution in [1.29, 1.82) is 0 Å². The van der Waals surface area contributed by atoms with E-state index < -0.39 is 118 Å². The van der Waals surface area contributed by atoms with Gasteiger partial charge in [0, 0.05) is 13.0 Å². The van der Waals surface area contributed by atoms with Crippen molar-refractivity contribution in [2.45, 2.75) is 91.2 Å². The molecule has 4 N–H and O–H groups in total. The zero-order valence-corrected chi connectivity index (χ0v) is 21.7. The maximum Gasteiger partial charge on any atom is 0.460 e. The van der Waals surface area contributed by atoms with E-state index in [1.54, 1.807) is 0 Å². The lowest BCUT2D eigenvalue weighted by atomic mass is 9.88. The third-order valence-corrected chi connectivity index (χ3v) is 6.15. The number of hydrogen-bond acceptors (Lipinski definition) is 7. The maximum atomic E-state index is 13.8. The molecule has 1 saturated heterocycles. The van der Waals surface area contributed by atoms with Crippen LogP contribution in [0.5, 0.6) is 0 Å². The summed E-state index contributed by atoms with van der Waals surface area (Å²) in [5.41, 5.74) is 0. The van der Waals surface area contributed by atoms with E-state index in [1.807, 2.05) is 0 Å². The monoisotopic (exact) mass is 710 g/mol. The predicted molar refractivity (Wildman–Crippen MR) is 110 cm³/mol. The number of ether oxygens (including phenoxy) is 3. The van der Waals surface area contributed by atoms with Crippen LogP contribution in [0, 0.1) is 0 Å². The van der Waals surface area contributed by atoms with Crippen LogP contribution >= 0.6 is 0 Å². The van der Waals surface area contributed by atoms with Gasteiger partial charge in [-0.25, -0.2) is 0 Å². The average molecular weight is 710 g/mol. The van der Waals surface area contributed by atoms with Crippen LogP contribution < -0.4 is 0 Å². The highest BCUT2D eigenvalue weighted by molar-refractivity contribution is 5.15. The topological polar surface area (TPSA) is 109 Å². The van der Waals surface area contributed by atoms with Gasteiger partial charge in [-0.2, -0.15) is 74.6 Å². The number of alkyl halides is 17. The van der Waals surface area contributed by atoms with Crippen molar-refractivity contribution in [1.82, 2.24) is 0 Å². The molecule has 0 bridgehead atoms. The normalized spacial score (nSPS) is 25.3. The van der Waals surface area contributed by atoms with Gasteiger partial charge in [0.2, 0.25) is 0 Å². The molecule has 0 aromatic carbocycles. The third-order valence-electron chi connectivity index (χ3n) is 6.15. The van der Waals surface area contributed by atoms with E-state index in [0.717, 1.165) is 12.2 Å². The van der Waals surface area contributed by atoms with Crippen molar-refractivity contribution in [3.63, 3.8) is 0 Å². The van der Waals surface area contributed by atoms with Gasteiger partial charge in [0.1, 0.15) is 24.4 Å². The lowest BCUT2D eigenvalue weighted by Crippen LogP contribution is -2.74. The molecule has 0 aromatic heterocycles. The molecule has 0 aliphatic carbocycles. The molecule has 268 valence electrons. The molecule has 0 saturated carbocycles. The van der Waals surface area contributed by atoms with E-state index >= 15 is 0 Å². The Morgan fingerprint density at radius 1 is 0.578 bits per heavy atom. The summed E-state index contributed by atoms with van der Waals surface area (Å²) in [6.07, 6.45) is -18.0. The number of aliphatic hydroxyl groups excluding tert-OH is 4. The van der Waals surface area contributed by atoms with Crippen molar-refractivity contribution in [3.05, 3.63) is 12.2 Å². The van der Waals surface area contributed by atoms with Crippen LogP contribution in [0.4, 0.5) is 74.6 Å². The molecule has 0 radical (unpaired) electrons. The van der Waals surface area contributed by atoms with Crippen molar-refractivity contribution in [2.24, 2.45) is 0 Å². The lowest BCUT2D eigenvalue weighted by molar-refractivity contribution is -0.461. The number of aliphatic hydroxyl groups is 4. The summed E-state index contributed by atoms with van der Waals surface area (Å²) in [6.45, 7) is -2.94. The van der Waals surface area contributed by atoms with Gasteiger partial charge >= 0.3 is 47.6 Å². The Balaban J connectivity index is 2.80. The van der Waals surface area contributed by atoms with Crippen molar-refractivity contribution >= 4 is 0 Å². The highest BCUT2D eigenvalue weighted by atomic mass is 19.4. The summed E-state index contributed by atoms with van der Waals surface area (Å²) in [6, 6.07) is 0. The third kappa shape index (κ3) is 7.40. The highest BCUT2D eigenvalue weighted by Crippen LogP contribution is 2.64. The molecule has 45 heavy (non-hydrogen) atoms. The second-order valence-electron chi connectivity index (χ2n) is 9.33. The fourth-order valence-electron chi connectivity index (χ4n) is 3.39. The summed E-state index contributed by atoms with van der Waals surface area (Å²) in [5, 5.41) is 38.0. The molecule has 24 heteroatoms. The first-order chi connectivity index (χ1) is 20.0. The molecular weight excluding hydrogens is 687 g/mol. The first-order valence-corrected chi connectivity index (χ1v) is 11.9. The Bertz CT molecular complexity index is 987. The van der Waals surface area contributed by atoms with Gasteiger partial charge in [-0.3, -0.25) is 0 Å². The van der Waals surface area contributed by atoms with Crippen molar-refractivity contribution in [2.75, 3.05) is 26.4 Å². The summed E-state index contributed by atoms with van der Waals surface area (Å²) >= 11 is 0. The Hall–Kier alpha value is -1.73. The van der Waals surface area contributed by atoms with Crippen LogP contribution in [0.15, 0.2) is 12.2 Å². The van der Waals surface area contributed by atoms with Gasteiger partial charge in [0.25, 0.3) is 0 Å². The Morgan fingerprint density at radius 2 is 1.02 bits per heavy atom. The second kappa shape index (κ2) is 13.8. The molecule has 0 unspecified atom stereocenters. The predicted octanol–water partition coefficient (Wildman–Crippen LogP) is 4.17. The van der Waals surface area contributed by atoms with E-state index in [1.165, 1.54) is 0 Å². The molecule has 1 heterocycles. The van der Waals surface area contributed by atoms with Crippen LogP contribution in [0.3, 0.4) is 0 Å². The van der Waals surface area contributed by atoms with Gasteiger partial charge in [-0.15, -0.1) is 0 Å². The molecule has 1 aliphatic heterocycles. The average Bonchev–Trinajstić information content (AvgIpc) is 2.90. The number of rotatable bonds is 16. The fraction of sp³-hybridized carbons (Fsp3) is 0.905. The molecule has 0 spiro atoms. The molecule has 1 rings (SSSR count). The molecular formula is C21H23F17O7. The first kappa shape index (κ1) is 41.3. The largest absolute Gasteiger partial charge is 0.460 e. The van der Waals surface area contributed by atoms with Gasteiger partial charge < -0.3 is 34.6 Å². The summed E-state index contributed by atoms with van der Waals surface area (Å²) in [7, 11) is 0. The minimum atomic E-state index is -8.68. The van der Waals surface area contributed by atoms with Crippen molar-refractivity contribution in [3.8, 4) is 0 Å². The summed E-state index contributed by atoms with van der Waals surface area (Å²) < 4.78 is 240. The molecule has 5 atom stereocenters. The summed E-state index contributed by atoms with van der Waals surface area (Å²) in [5.74, 6) is -56.6. The van der Waals surface area contributed by atoms with Crippen LogP contribution in [-0.4, -0.2) is 125 Å². The summed E-state index contributed by atoms with van der Waals surface area (Å²) in [4.78, 5) is 0. The van der Waals surface area contributed by atoms with E-state index in [4.69, 9.17) is 14.6 Å². The van der Waals surface area contributed by atoms with E-state index in [-0.39, 0.29) is 0 Å². The minimum absolute atomic E-state index is 0.460. The quantitative estimate of drug-likeness (QED) is 0.108. The highest BCUT2D eigenvalue weighted by Gasteiger charge is 2.95. The van der Waals surface area contributed by atoms with Gasteiger partial charge in [0.15, 0.2) is 6.29 Å². The Morgan fingerprint density at radius 3 is 1.49 bits per heavy atom. The van der Waals surface area contributed by atoms with Gasteiger partial charge in [-0.1, -0.05) is 12.2 Å².